The maximum Gasteiger partial charge on any atom is 0.156 e. The van der Waals surface area contributed by atoms with Gasteiger partial charge < -0.3 is 9.84 Å². The quantitative estimate of drug-likeness (QED) is 0.788. The van der Waals surface area contributed by atoms with E-state index in [9.17, 15) is 5.11 Å². The third kappa shape index (κ3) is 1.56. The number of halogens is 2. The lowest BCUT2D eigenvalue weighted by Crippen LogP contribution is -1.93. The van der Waals surface area contributed by atoms with Crippen LogP contribution in [-0.4, -0.2) is 12.2 Å². The standard InChI is InChI=1S/C9H10Cl2O2/c1-4-5(2)9(13-3)7(11)8(12)6(4)10/h12H,1-3H3. The van der Waals surface area contributed by atoms with Crippen molar-refractivity contribution in [1.82, 2.24) is 0 Å². The fourth-order valence-electron chi connectivity index (χ4n) is 1.12. The maximum atomic E-state index is 9.48. The van der Waals surface area contributed by atoms with E-state index >= 15 is 0 Å². The van der Waals surface area contributed by atoms with Gasteiger partial charge in [0.1, 0.15) is 10.8 Å². The Morgan fingerprint density at radius 1 is 1.08 bits per heavy atom. The lowest BCUT2D eigenvalue weighted by atomic mass is 10.1. The SMILES string of the molecule is COc1c(C)c(C)c(Cl)c(O)c1Cl. The summed E-state index contributed by atoms with van der Waals surface area (Å²) in [4.78, 5) is 0. The normalized spacial score (nSPS) is 10.2. The van der Waals surface area contributed by atoms with Crippen LogP contribution in [0.15, 0.2) is 0 Å². The third-order valence-corrected chi connectivity index (χ3v) is 2.86. The van der Waals surface area contributed by atoms with Crippen molar-refractivity contribution >= 4 is 23.2 Å². The van der Waals surface area contributed by atoms with Crippen LogP contribution in [-0.2, 0) is 0 Å². The summed E-state index contributed by atoms with van der Waals surface area (Å²) in [7, 11) is 1.50. The molecule has 0 saturated carbocycles. The molecule has 1 rings (SSSR count). The molecule has 0 aliphatic rings. The van der Waals surface area contributed by atoms with E-state index in [0.29, 0.717) is 5.75 Å². The van der Waals surface area contributed by atoms with Crippen molar-refractivity contribution in [3.05, 3.63) is 21.2 Å². The Morgan fingerprint density at radius 2 is 1.62 bits per heavy atom. The third-order valence-electron chi connectivity index (χ3n) is 2.05. The highest BCUT2D eigenvalue weighted by Crippen LogP contribution is 2.43. The van der Waals surface area contributed by atoms with Crippen LogP contribution in [0.5, 0.6) is 11.5 Å². The molecule has 0 bridgehead atoms. The number of hydrogen-bond acceptors (Lipinski definition) is 2. The highest BCUT2D eigenvalue weighted by atomic mass is 35.5. The Kier molecular flexibility index (Phi) is 2.94. The van der Waals surface area contributed by atoms with Crippen LogP contribution in [0, 0.1) is 13.8 Å². The zero-order chi connectivity index (χ0) is 10.2. The second-order valence-electron chi connectivity index (χ2n) is 2.76. The molecule has 1 N–H and O–H groups in total. The first kappa shape index (κ1) is 10.5. The van der Waals surface area contributed by atoms with Crippen LogP contribution in [0.2, 0.25) is 10.0 Å². The van der Waals surface area contributed by atoms with Crippen molar-refractivity contribution in [1.29, 1.82) is 0 Å². The summed E-state index contributed by atoms with van der Waals surface area (Å²) in [5, 5.41) is 9.92. The molecule has 13 heavy (non-hydrogen) atoms. The van der Waals surface area contributed by atoms with Crippen LogP contribution in [0.1, 0.15) is 11.1 Å². The van der Waals surface area contributed by atoms with E-state index in [1.807, 2.05) is 6.92 Å². The molecule has 1 aromatic rings. The second-order valence-corrected chi connectivity index (χ2v) is 3.52. The molecule has 0 aromatic heterocycles. The van der Waals surface area contributed by atoms with Crippen molar-refractivity contribution in [3.63, 3.8) is 0 Å². The van der Waals surface area contributed by atoms with Gasteiger partial charge in [-0.1, -0.05) is 23.2 Å². The zero-order valence-corrected chi connectivity index (χ0v) is 9.12. The van der Waals surface area contributed by atoms with Gasteiger partial charge in [-0.05, 0) is 25.0 Å². The van der Waals surface area contributed by atoms with E-state index in [2.05, 4.69) is 0 Å². The fraction of sp³-hybridized carbons (Fsp3) is 0.333. The van der Waals surface area contributed by atoms with Crippen molar-refractivity contribution in [2.24, 2.45) is 0 Å². The number of phenolic OH excluding ortho intramolecular Hbond substituents is 1. The molecule has 0 saturated heterocycles. The summed E-state index contributed by atoms with van der Waals surface area (Å²) in [5.41, 5.74) is 1.62. The smallest absolute Gasteiger partial charge is 0.156 e. The van der Waals surface area contributed by atoms with E-state index in [1.54, 1.807) is 6.92 Å². The summed E-state index contributed by atoms with van der Waals surface area (Å²) in [6.45, 7) is 3.64. The van der Waals surface area contributed by atoms with Gasteiger partial charge in [-0.15, -0.1) is 0 Å². The predicted octanol–water partition coefficient (Wildman–Crippen LogP) is 3.32. The van der Waals surface area contributed by atoms with Crippen molar-refractivity contribution in [3.8, 4) is 11.5 Å². The van der Waals surface area contributed by atoms with Crippen LogP contribution >= 0.6 is 23.2 Å². The fourth-order valence-corrected chi connectivity index (χ4v) is 1.72. The number of hydrogen-bond donors (Lipinski definition) is 1. The van der Waals surface area contributed by atoms with Crippen LogP contribution in [0.3, 0.4) is 0 Å². The molecule has 0 unspecified atom stereocenters. The van der Waals surface area contributed by atoms with Gasteiger partial charge >= 0.3 is 0 Å². The Hall–Kier alpha value is -0.600. The number of ether oxygens (including phenoxy) is 1. The number of methoxy groups -OCH3 is 1. The number of rotatable bonds is 1. The second kappa shape index (κ2) is 3.64. The number of phenols is 1. The molecule has 0 atom stereocenters. The van der Waals surface area contributed by atoms with Crippen LogP contribution < -0.4 is 4.74 Å². The summed E-state index contributed by atoms with van der Waals surface area (Å²) >= 11 is 11.6. The molecule has 0 aliphatic carbocycles. The Labute approximate surface area is 87.0 Å². The molecular weight excluding hydrogens is 211 g/mol. The highest BCUT2D eigenvalue weighted by Gasteiger charge is 2.17. The molecule has 2 nitrogen and oxygen atoms in total. The van der Waals surface area contributed by atoms with Crippen LogP contribution in [0.4, 0.5) is 0 Å². The van der Waals surface area contributed by atoms with Gasteiger partial charge in [-0.2, -0.15) is 0 Å². The maximum absolute atomic E-state index is 9.48. The molecule has 0 heterocycles. The lowest BCUT2D eigenvalue weighted by Gasteiger charge is -2.13. The van der Waals surface area contributed by atoms with E-state index in [1.165, 1.54) is 7.11 Å². The molecule has 1 aromatic carbocycles. The zero-order valence-electron chi connectivity index (χ0n) is 7.61. The first-order valence-corrected chi connectivity index (χ1v) is 4.47. The molecule has 0 fully saturated rings. The highest BCUT2D eigenvalue weighted by molar-refractivity contribution is 6.38. The van der Waals surface area contributed by atoms with Crippen molar-refractivity contribution < 1.29 is 9.84 Å². The van der Waals surface area contributed by atoms with Gasteiger partial charge in [0.25, 0.3) is 0 Å². The first-order valence-electron chi connectivity index (χ1n) is 3.71. The molecular formula is C9H10Cl2O2. The molecule has 0 amide bonds. The topological polar surface area (TPSA) is 29.5 Å². The monoisotopic (exact) mass is 220 g/mol. The summed E-state index contributed by atoms with van der Waals surface area (Å²) in [5.74, 6) is 0.351. The summed E-state index contributed by atoms with van der Waals surface area (Å²) in [6.07, 6.45) is 0. The summed E-state index contributed by atoms with van der Waals surface area (Å²) in [6, 6.07) is 0. The van der Waals surface area contributed by atoms with Crippen LogP contribution in [0.25, 0.3) is 0 Å². The van der Waals surface area contributed by atoms with Gasteiger partial charge in [-0.25, -0.2) is 0 Å². The average Bonchev–Trinajstić information content (AvgIpc) is 2.13. The molecule has 0 spiro atoms. The van der Waals surface area contributed by atoms with Gasteiger partial charge in [-0.3, -0.25) is 0 Å². The number of aromatic hydroxyl groups is 1. The molecule has 4 heteroatoms. The lowest BCUT2D eigenvalue weighted by molar-refractivity contribution is 0.404. The first-order chi connectivity index (χ1) is 6.00. The minimum absolute atomic E-state index is 0.122. The summed E-state index contributed by atoms with van der Waals surface area (Å²) < 4.78 is 5.04. The Morgan fingerprint density at radius 3 is 2.08 bits per heavy atom. The van der Waals surface area contributed by atoms with E-state index in [-0.39, 0.29) is 15.8 Å². The Balaban J connectivity index is 3.56. The van der Waals surface area contributed by atoms with Crippen molar-refractivity contribution in [2.75, 3.05) is 7.11 Å². The molecule has 72 valence electrons. The van der Waals surface area contributed by atoms with Crippen molar-refractivity contribution in [2.45, 2.75) is 13.8 Å². The van der Waals surface area contributed by atoms with E-state index in [0.717, 1.165) is 11.1 Å². The van der Waals surface area contributed by atoms with Gasteiger partial charge in [0.05, 0.1) is 12.1 Å². The van der Waals surface area contributed by atoms with Gasteiger partial charge in [0.2, 0.25) is 0 Å². The van der Waals surface area contributed by atoms with Gasteiger partial charge in [0.15, 0.2) is 5.75 Å². The average molecular weight is 221 g/mol. The molecule has 0 aliphatic heterocycles. The Bertz CT molecular complexity index is 319. The predicted molar refractivity (Wildman–Crippen MR) is 54.2 cm³/mol. The largest absolute Gasteiger partial charge is 0.505 e. The number of benzene rings is 1. The minimum atomic E-state index is -0.122. The van der Waals surface area contributed by atoms with Gasteiger partial charge in [0, 0.05) is 0 Å². The van der Waals surface area contributed by atoms with E-state index < -0.39 is 0 Å². The molecule has 0 radical (unpaired) electrons. The van der Waals surface area contributed by atoms with E-state index in [4.69, 9.17) is 27.9 Å². The minimum Gasteiger partial charge on any atom is -0.505 e.